The topological polar surface area (TPSA) is 93.9 Å². The standard InChI is InChI=1S/C25H40N6O2/c26-23-6-2-1-5-20(23)7-12-27-21-8-15-31(16-9-21)25(33)28-19-24(32)30-17-10-22(11-18-30)29-13-3-4-14-29/h1-2,5-6,21-22,27H,3-4,7-19,26H2,(H,28,33). The Morgan fingerprint density at radius 3 is 2.27 bits per heavy atom. The minimum atomic E-state index is -0.120. The number of nitrogens with zero attached hydrogens (tertiary/aromatic N) is 3. The third-order valence-electron chi connectivity index (χ3n) is 7.53. The van der Waals surface area contributed by atoms with Gasteiger partial charge >= 0.3 is 6.03 Å². The van der Waals surface area contributed by atoms with Crippen molar-refractivity contribution in [3.05, 3.63) is 29.8 Å². The van der Waals surface area contributed by atoms with Gasteiger partial charge in [0.25, 0.3) is 0 Å². The maximum Gasteiger partial charge on any atom is 0.317 e. The molecule has 0 aliphatic carbocycles. The number of carbonyl (C=O) groups excluding carboxylic acids is 2. The second kappa shape index (κ2) is 11.7. The highest BCUT2D eigenvalue weighted by Crippen LogP contribution is 2.21. The molecule has 1 aromatic carbocycles. The van der Waals surface area contributed by atoms with Gasteiger partial charge in [0.2, 0.25) is 5.91 Å². The Morgan fingerprint density at radius 1 is 0.909 bits per heavy atom. The van der Waals surface area contributed by atoms with Crippen LogP contribution in [-0.2, 0) is 11.2 Å². The summed E-state index contributed by atoms with van der Waals surface area (Å²) in [7, 11) is 0. The number of rotatable bonds is 7. The minimum Gasteiger partial charge on any atom is -0.399 e. The van der Waals surface area contributed by atoms with Gasteiger partial charge in [-0.2, -0.15) is 0 Å². The number of amides is 3. The first-order chi connectivity index (χ1) is 16.1. The van der Waals surface area contributed by atoms with Crippen molar-refractivity contribution >= 4 is 17.6 Å². The zero-order chi connectivity index (χ0) is 23.0. The lowest BCUT2D eigenvalue weighted by Gasteiger charge is -2.37. The summed E-state index contributed by atoms with van der Waals surface area (Å²) in [6.45, 7) is 6.45. The number of urea groups is 1. The number of carbonyl (C=O) groups is 2. The molecule has 1 aromatic rings. The summed E-state index contributed by atoms with van der Waals surface area (Å²) in [5.74, 6) is 0.0416. The maximum atomic E-state index is 12.6. The summed E-state index contributed by atoms with van der Waals surface area (Å²) < 4.78 is 0. The molecule has 182 valence electrons. The average Bonchev–Trinajstić information content (AvgIpc) is 3.39. The van der Waals surface area contributed by atoms with Crippen LogP contribution in [0.5, 0.6) is 0 Å². The number of likely N-dealkylation sites (tertiary alicyclic amines) is 3. The summed E-state index contributed by atoms with van der Waals surface area (Å²) in [6.07, 6.45) is 7.48. The Hall–Kier alpha value is -2.32. The molecular formula is C25H40N6O2. The molecule has 0 unspecified atom stereocenters. The van der Waals surface area contributed by atoms with E-state index >= 15 is 0 Å². The van der Waals surface area contributed by atoms with E-state index in [4.69, 9.17) is 5.73 Å². The van der Waals surface area contributed by atoms with Crippen LogP contribution in [0.3, 0.4) is 0 Å². The van der Waals surface area contributed by atoms with Gasteiger partial charge in [-0.25, -0.2) is 4.79 Å². The van der Waals surface area contributed by atoms with Crippen LogP contribution >= 0.6 is 0 Å². The predicted molar refractivity (Wildman–Crippen MR) is 131 cm³/mol. The monoisotopic (exact) mass is 456 g/mol. The van der Waals surface area contributed by atoms with E-state index < -0.39 is 0 Å². The van der Waals surface area contributed by atoms with Crippen molar-refractivity contribution in [2.75, 3.05) is 58.1 Å². The first-order valence-corrected chi connectivity index (χ1v) is 12.7. The fourth-order valence-corrected chi connectivity index (χ4v) is 5.42. The number of hydrogen-bond acceptors (Lipinski definition) is 5. The van der Waals surface area contributed by atoms with Crippen molar-refractivity contribution in [3.8, 4) is 0 Å². The summed E-state index contributed by atoms with van der Waals surface area (Å²) >= 11 is 0. The van der Waals surface area contributed by atoms with Gasteiger partial charge in [-0.1, -0.05) is 18.2 Å². The number of para-hydroxylation sites is 1. The molecule has 3 fully saturated rings. The first kappa shape index (κ1) is 23.8. The van der Waals surface area contributed by atoms with Gasteiger partial charge in [0.05, 0.1) is 6.54 Å². The molecule has 4 rings (SSSR count). The summed E-state index contributed by atoms with van der Waals surface area (Å²) in [6, 6.07) is 8.91. The second-order valence-electron chi connectivity index (χ2n) is 9.68. The van der Waals surface area contributed by atoms with Crippen LogP contribution in [0.25, 0.3) is 0 Å². The molecule has 8 heteroatoms. The Labute approximate surface area is 197 Å². The van der Waals surface area contributed by atoms with E-state index in [0.717, 1.165) is 57.4 Å². The Kier molecular flexibility index (Phi) is 8.45. The SMILES string of the molecule is Nc1ccccc1CCNC1CCN(C(=O)NCC(=O)N2CCC(N3CCCC3)CC2)CC1. The van der Waals surface area contributed by atoms with Gasteiger partial charge in [-0.05, 0) is 76.2 Å². The third kappa shape index (κ3) is 6.60. The highest BCUT2D eigenvalue weighted by atomic mass is 16.2. The molecule has 3 aliphatic rings. The maximum absolute atomic E-state index is 12.6. The van der Waals surface area contributed by atoms with E-state index in [1.807, 2.05) is 28.0 Å². The summed E-state index contributed by atoms with van der Waals surface area (Å²) in [5.41, 5.74) is 8.03. The zero-order valence-corrected chi connectivity index (χ0v) is 19.8. The van der Waals surface area contributed by atoms with E-state index in [1.165, 1.54) is 31.5 Å². The van der Waals surface area contributed by atoms with E-state index in [9.17, 15) is 9.59 Å². The van der Waals surface area contributed by atoms with Gasteiger partial charge in [-0.15, -0.1) is 0 Å². The lowest BCUT2D eigenvalue weighted by atomic mass is 10.0. The number of benzene rings is 1. The number of nitrogens with two attached hydrogens (primary N) is 1. The van der Waals surface area contributed by atoms with Crippen LogP contribution in [0.4, 0.5) is 10.5 Å². The van der Waals surface area contributed by atoms with Gasteiger partial charge < -0.3 is 31.1 Å². The van der Waals surface area contributed by atoms with Crippen molar-refractivity contribution in [1.82, 2.24) is 25.3 Å². The van der Waals surface area contributed by atoms with E-state index in [2.05, 4.69) is 21.6 Å². The molecule has 33 heavy (non-hydrogen) atoms. The number of piperidine rings is 2. The smallest absolute Gasteiger partial charge is 0.317 e. The van der Waals surface area contributed by atoms with Crippen molar-refractivity contribution in [2.24, 2.45) is 0 Å². The molecule has 0 saturated carbocycles. The first-order valence-electron chi connectivity index (χ1n) is 12.7. The van der Waals surface area contributed by atoms with Gasteiger partial charge in [0, 0.05) is 44.0 Å². The van der Waals surface area contributed by atoms with Gasteiger partial charge in [0.15, 0.2) is 0 Å². The fourth-order valence-electron chi connectivity index (χ4n) is 5.42. The van der Waals surface area contributed by atoms with Crippen LogP contribution < -0.4 is 16.4 Å². The molecule has 3 heterocycles. The molecule has 3 saturated heterocycles. The highest BCUT2D eigenvalue weighted by molar-refractivity contribution is 5.84. The third-order valence-corrected chi connectivity index (χ3v) is 7.53. The minimum absolute atomic E-state index is 0.0416. The molecule has 8 nitrogen and oxygen atoms in total. The molecule has 0 spiro atoms. The molecule has 0 aromatic heterocycles. The highest BCUT2D eigenvalue weighted by Gasteiger charge is 2.29. The quantitative estimate of drug-likeness (QED) is 0.543. The van der Waals surface area contributed by atoms with Crippen LogP contribution in [0.1, 0.15) is 44.1 Å². The lowest BCUT2D eigenvalue weighted by molar-refractivity contribution is -0.131. The van der Waals surface area contributed by atoms with E-state index in [-0.39, 0.29) is 18.5 Å². The van der Waals surface area contributed by atoms with Crippen LogP contribution in [-0.4, -0.2) is 91.1 Å². The Bertz CT molecular complexity index is 781. The van der Waals surface area contributed by atoms with Gasteiger partial charge in [0.1, 0.15) is 0 Å². The van der Waals surface area contributed by atoms with Gasteiger partial charge in [-0.3, -0.25) is 4.79 Å². The second-order valence-corrected chi connectivity index (χ2v) is 9.68. The Morgan fingerprint density at radius 2 is 1.58 bits per heavy atom. The Balaban J connectivity index is 1.09. The summed E-state index contributed by atoms with van der Waals surface area (Å²) in [5, 5.41) is 6.45. The van der Waals surface area contributed by atoms with Crippen LogP contribution in [0.15, 0.2) is 24.3 Å². The van der Waals surface area contributed by atoms with E-state index in [1.54, 1.807) is 0 Å². The molecule has 0 radical (unpaired) electrons. The molecule has 0 atom stereocenters. The number of anilines is 1. The van der Waals surface area contributed by atoms with Crippen molar-refractivity contribution < 1.29 is 9.59 Å². The zero-order valence-electron chi connectivity index (χ0n) is 19.8. The molecular weight excluding hydrogens is 416 g/mol. The molecule has 3 amide bonds. The predicted octanol–water partition coefficient (Wildman–Crippen LogP) is 1.66. The summed E-state index contributed by atoms with van der Waals surface area (Å²) in [4.78, 5) is 31.5. The van der Waals surface area contributed by atoms with Crippen LogP contribution in [0, 0.1) is 0 Å². The van der Waals surface area contributed by atoms with Crippen molar-refractivity contribution in [2.45, 2.75) is 57.0 Å². The van der Waals surface area contributed by atoms with Crippen molar-refractivity contribution in [1.29, 1.82) is 0 Å². The fraction of sp³-hybridized carbons (Fsp3) is 0.680. The number of hydrogen-bond donors (Lipinski definition) is 3. The number of nitrogen functional groups attached to an aromatic ring is 1. The van der Waals surface area contributed by atoms with Crippen LogP contribution in [0.2, 0.25) is 0 Å². The van der Waals surface area contributed by atoms with E-state index in [0.29, 0.717) is 25.2 Å². The normalized spacial score (nSPS) is 20.8. The molecule has 4 N–H and O–H groups in total. The average molecular weight is 457 g/mol. The lowest BCUT2D eigenvalue weighted by Crippen LogP contribution is -2.52. The molecule has 0 bridgehead atoms. The number of nitrogens with one attached hydrogen (secondary N) is 2. The largest absolute Gasteiger partial charge is 0.399 e. The van der Waals surface area contributed by atoms with Crippen molar-refractivity contribution in [3.63, 3.8) is 0 Å². The molecule has 3 aliphatic heterocycles.